The van der Waals surface area contributed by atoms with E-state index in [1.165, 1.54) is 0 Å². The fourth-order valence-electron chi connectivity index (χ4n) is 1.78. The third-order valence-corrected chi connectivity index (χ3v) is 3.49. The molecule has 3 aromatic rings. The molecular weight excluding hydrogens is 344 g/mol. The van der Waals surface area contributed by atoms with Gasteiger partial charge in [-0.2, -0.15) is 0 Å². The summed E-state index contributed by atoms with van der Waals surface area (Å²) in [6.07, 6.45) is 0. The molecule has 0 radical (unpaired) electrons. The fourth-order valence-corrected chi connectivity index (χ4v) is 2.51. The first-order chi connectivity index (χ1) is 9.61. The van der Waals surface area contributed by atoms with Crippen molar-refractivity contribution in [3.05, 3.63) is 51.8 Å². The molecule has 1 aromatic heterocycles. The van der Waals surface area contributed by atoms with E-state index in [-0.39, 0.29) is 6.61 Å². The summed E-state index contributed by atoms with van der Waals surface area (Å²) in [4.78, 5) is 4.32. The van der Waals surface area contributed by atoms with E-state index < -0.39 is 0 Å². The second kappa shape index (κ2) is 5.34. The molecule has 1 heterocycles. The lowest BCUT2D eigenvalue weighted by Crippen LogP contribution is -1.95. The largest absolute Gasteiger partial charge is 0.482 e. The van der Waals surface area contributed by atoms with Crippen LogP contribution in [-0.4, -0.2) is 4.98 Å². The maximum absolute atomic E-state index is 6.07. The maximum atomic E-state index is 6.07. The summed E-state index contributed by atoms with van der Waals surface area (Å²) in [7, 11) is 0. The number of nitrogens with two attached hydrogens (primary N) is 1. The van der Waals surface area contributed by atoms with Gasteiger partial charge >= 0.3 is 0 Å². The predicted octanol–water partition coefficient (Wildman–Crippen LogP) is 4.40. The Kier molecular flexibility index (Phi) is 3.54. The maximum Gasteiger partial charge on any atom is 0.233 e. The van der Waals surface area contributed by atoms with Crippen molar-refractivity contribution in [2.75, 3.05) is 5.73 Å². The first kappa shape index (κ1) is 13.3. The van der Waals surface area contributed by atoms with E-state index in [0.29, 0.717) is 27.9 Å². The third-order valence-electron chi connectivity index (χ3n) is 2.70. The summed E-state index contributed by atoms with van der Waals surface area (Å²) < 4.78 is 12.1. The molecule has 2 aromatic carbocycles. The van der Waals surface area contributed by atoms with E-state index in [0.717, 1.165) is 9.99 Å². The van der Waals surface area contributed by atoms with Gasteiger partial charge in [0, 0.05) is 16.2 Å². The summed E-state index contributed by atoms with van der Waals surface area (Å²) >= 11 is 9.41. The Balaban J connectivity index is 1.79. The van der Waals surface area contributed by atoms with Crippen molar-refractivity contribution in [1.82, 2.24) is 4.98 Å². The highest BCUT2D eigenvalue weighted by molar-refractivity contribution is 9.10. The van der Waals surface area contributed by atoms with Crippen LogP contribution in [0.2, 0.25) is 5.02 Å². The Hall–Kier alpha value is -1.72. The quantitative estimate of drug-likeness (QED) is 0.709. The molecule has 0 amide bonds. The van der Waals surface area contributed by atoms with Crippen LogP contribution in [0.15, 0.2) is 45.3 Å². The number of nitrogen functional groups attached to an aromatic ring is 1. The van der Waals surface area contributed by atoms with Crippen molar-refractivity contribution in [1.29, 1.82) is 0 Å². The second-order valence-electron chi connectivity index (χ2n) is 4.20. The Bertz CT molecular complexity index is 773. The van der Waals surface area contributed by atoms with Gasteiger partial charge in [-0.25, -0.2) is 4.98 Å². The molecule has 0 aliphatic rings. The molecule has 0 aliphatic carbocycles. The highest BCUT2D eigenvalue weighted by Crippen LogP contribution is 2.28. The summed E-state index contributed by atoms with van der Waals surface area (Å²) in [6, 6.07) is 10.7. The van der Waals surface area contributed by atoms with Gasteiger partial charge < -0.3 is 14.9 Å². The topological polar surface area (TPSA) is 61.3 Å². The number of benzene rings is 2. The molecule has 3 rings (SSSR count). The van der Waals surface area contributed by atoms with Gasteiger partial charge in [-0.3, -0.25) is 0 Å². The molecule has 102 valence electrons. The molecule has 0 saturated heterocycles. The Labute approximate surface area is 128 Å². The lowest BCUT2D eigenvalue weighted by molar-refractivity contribution is 0.267. The van der Waals surface area contributed by atoms with Crippen LogP contribution >= 0.6 is 27.5 Å². The number of ether oxygens (including phenoxy) is 1. The van der Waals surface area contributed by atoms with E-state index in [1.54, 1.807) is 24.3 Å². The zero-order chi connectivity index (χ0) is 14.1. The monoisotopic (exact) mass is 352 g/mol. The lowest BCUT2D eigenvalue weighted by atomic mass is 10.3. The normalized spacial score (nSPS) is 10.9. The van der Waals surface area contributed by atoms with Crippen LogP contribution in [-0.2, 0) is 6.61 Å². The van der Waals surface area contributed by atoms with E-state index in [1.807, 2.05) is 12.1 Å². The molecule has 0 spiro atoms. The van der Waals surface area contributed by atoms with Crippen molar-refractivity contribution in [3.63, 3.8) is 0 Å². The number of hydrogen-bond donors (Lipinski definition) is 1. The smallest absolute Gasteiger partial charge is 0.233 e. The van der Waals surface area contributed by atoms with Crippen LogP contribution in [0.25, 0.3) is 11.1 Å². The minimum atomic E-state index is 0.204. The first-order valence-electron chi connectivity index (χ1n) is 5.84. The van der Waals surface area contributed by atoms with Crippen LogP contribution in [0.1, 0.15) is 5.89 Å². The molecule has 2 N–H and O–H groups in total. The van der Waals surface area contributed by atoms with Gasteiger partial charge in [0.05, 0.1) is 5.02 Å². The van der Waals surface area contributed by atoms with E-state index in [4.69, 9.17) is 26.5 Å². The van der Waals surface area contributed by atoms with Crippen LogP contribution in [0.5, 0.6) is 5.75 Å². The van der Waals surface area contributed by atoms with Gasteiger partial charge in [-0.1, -0.05) is 27.5 Å². The number of fused-ring (bicyclic) bond motifs is 1. The van der Waals surface area contributed by atoms with Crippen LogP contribution < -0.4 is 10.5 Å². The molecule has 0 saturated carbocycles. The van der Waals surface area contributed by atoms with E-state index in [2.05, 4.69) is 20.9 Å². The average Bonchev–Trinajstić information content (AvgIpc) is 2.79. The highest BCUT2D eigenvalue weighted by atomic mass is 79.9. The number of hydrogen-bond acceptors (Lipinski definition) is 4. The zero-order valence-electron chi connectivity index (χ0n) is 10.3. The van der Waals surface area contributed by atoms with Crippen molar-refractivity contribution in [2.24, 2.45) is 0 Å². The molecule has 0 unspecified atom stereocenters. The van der Waals surface area contributed by atoms with Gasteiger partial charge in [0.25, 0.3) is 0 Å². The minimum absolute atomic E-state index is 0.204. The Morgan fingerprint density at radius 2 is 2.10 bits per heavy atom. The molecular formula is C14H10BrClN2O2. The van der Waals surface area contributed by atoms with E-state index in [9.17, 15) is 0 Å². The molecule has 0 aliphatic heterocycles. The van der Waals surface area contributed by atoms with Crippen molar-refractivity contribution >= 4 is 44.3 Å². The molecule has 0 fully saturated rings. The number of rotatable bonds is 3. The van der Waals surface area contributed by atoms with Crippen molar-refractivity contribution in [3.8, 4) is 5.75 Å². The van der Waals surface area contributed by atoms with E-state index >= 15 is 0 Å². The number of nitrogens with zero attached hydrogens (tertiary/aromatic N) is 1. The van der Waals surface area contributed by atoms with Gasteiger partial charge in [-0.05, 0) is 30.3 Å². The highest BCUT2D eigenvalue weighted by Gasteiger charge is 2.08. The number of halogens is 2. The van der Waals surface area contributed by atoms with Crippen molar-refractivity contribution in [2.45, 2.75) is 6.61 Å². The standard InChI is InChI=1S/C14H10BrClN2O2/c15-8-1-4-12(10(16)5-8)19-7-14-18-11-3-2-9(17)6-13(11)20-14/h1-6H,7,17H2. The zero-order valence-corrected chi connectivity index (χ0v) is 12.6. The third kappa shape index (κ3) is 2.73. The summed E-state index contributed by atoms with van der Waals surface area (Å²) in [5.74, 6) is 1.06. The number of anilines is 1. The molecule has 4 nitrogen and oxygen atoms in total. The van der Waals surface area contributed by atoms with Gasteiger partial charge in [0.1, 0.15) is 11.3 Å². The summed E-state index contributed by atoms with van der Waals surface area (Å²) in [5, 5.41) is 0.528. The molecule has 0 atom stereocenters. The first-order valence-corrected chi connectivity index (χ1v) is 7.02. The van der Waals surface area contributed by atoms with Gasteiger partial charge in [0.15, 0.2) is 12.2 Å². The molecule has 20 heavy (non-hydrogen) atoms. The lowest BCUT2D eigenvalue weighted by Gasteiger charge is -2.05. The van der Waals surface area contributed by atoms with Gasteiger partial charge in [-0.15, -0.1) is 0 Å². The Morgan fingerprint density at radius 1 is 1.25 bits per heavy atom. The van der Waals surface area contributed by atoms with Crippen molar-refractivity contribution < 1.29 is 9.15 Å². The SMILES string of the molecule is Nc1ccc2nc(COc3ccc(Br)cc3Cl)oc2c1. The van der Waals surface area contributed by atoms with Crippen LogP contribution in [0.4, 0.5) is 5.69 Å². The predicted molar refractivity (Wildman–Crippen MR) is 81.9 cm³/mol. The number of aromatic nitrogens is 1. The van der Waals surface area contributed by atoms with Crippen LogP contribution in [0.3, 0.4) is 0 Å². The minimum Gasteiger partial charge on any atom is -0.482 e. The molecule has 6 heteroatoms. The van der Waals surface area contributed by atoms with Gasteiger partial charge in [0.2, 0.25) is 5.89 Å². The van der Waals surface area contributed by atoms with Crippen LogP contribution in [0, 0.1) is 0 Å². The number of oxazole rings is 1. The fraction of sp³-hybridized carbons (Fsp3) is 0.0714. The summed E-state index contributed by atoms with van der Waals surface area (Å²) in [5.41, 5.74) is 7.72. The average molecular weight is 354 g/mol. The molecule has 0 bridgehead atoms. The summed E-state index contributed by atoms with van der Waals surface area (Å²) in [6.45, 7) is 0.204. The second-order valence-corrected chi connectivity index (χ2v) is 5.52. The Morgan fingerprint density at radius 3 is 2.90 bits per heavy atom.